The summed E-state index contributed by atoms with van der Waals surface area (Å²) in [5.74, 6) is 0. The van der Waals surface area contributed by atoms with Crippen molar-refractivity contribution in [3.63, 3.8) is 0 Å². The molecule has 1 atom stereocenters. The second-order valence-corrected chi connectivity index (χ2v) is 26.8. The molecule has 2 aliphatic heterocycles. The summed E-state index contributed by atoms with van der Waals surface area (Å²) in [6, 6.07) is 134. The van der Waals surface area contributed by atoms with Gasteiger partial charge < -0.3 is 9.80 Å². The van der Waals surface area contributed by atoms with Crippen LogP contribution >= 0.6 is 0 Å². The Bertz CT molecular complexity index is 5600. The summed E-state index contributed by atoms with van der Waals surface area (Å²) in [6.07, 6.45) is 0. The summed E-state index contributed by atoms with van der Waals surface area (Å²) in [5, 5.41) is 7.31. The van der Waals surface area contributed by atoms with E-state index in [0.29, 0.717) is 0 Å². The van der Waals surface area contributed by atoms with Crippen molar-refractivity contribution in [2.24, 2.45) is 0 Å². The zero-order valence-electron chi connectivity index (χ0n) is 53.9. The van der Waals surface area contributed by atoms with Gasteiger partial charge in [0.05, 0.1) is 16.2 Å². The van der Waals surface area contributed by atoms with Crippen LogP contribution in [-0.2, 0) is 16.2 Å². The van der Waals surface area contributed by atoms with Gasteiger partial charge in [-0.05, 0) is 174 Å². The minimum atomic E-state index is -0.718. The summed E-state index contributed by atoms with van der Waals surface area (Å²) in [6.45, 7) is 0. The molecule has 1 unspecified atom stereocenters. The first kappa shape index (κ1) is 55.4. The molecule has 454 valence electrons. The predicted octanol–water partition coefficient (Wildman–Crippen LogP) is 23.4. The standard InChI is InChI=1S/C95H64N2/c1-96-84-54-23-21-51-81(84)93(62-31-7-3-8-32-62,63-33-9-4-10-34-63)91-72(46-28-56-86(91)96)67-42-25-44-70-77(67)60-78-68(73-47-29-57-87-92(73)94(64-35-11-5-12-36-64,65-37-13-6-14-38-65)82-52-22-24-55-85(82)97(87)2)43-26-45-71(78)88(70)76-48-27-53-83-89(76)75-41-18-20-50-80(75)95(83)79-49-19-17-40-69(79)74-59-58-61-30-15-16-39-66(61)90(74)95/h3-60H,1-2H3. The molecule has 0 bridgehead atoms. The predicted molar refractivity (Wildman–Crippen MR) is 404 cm³/mol. The van der Waals surface area contributed by atoms with Crippen molar-refractivity contribution < 1.29 is 0 Å². The van der Waals surface area contributed by atoms with Crippen molar-refractivity contribution in [2.45, 2.75) is 16.2 Å². The maximum atomic E-state index is 2.59. The molecule has 97 heavy (non-hydrogen) atoms. The van der Waals surface area contributed by atoms with Crippen LogP contribution in [0, 0.1) is 0 Å². The fourth-order valence-corrected chi connectivity index (χ4v) is 19.0. The largest absolute Gasteiger partial charge is 0.344 e. The molecule has 0 aromatic heterocycles. The lowest BCUT2D eigenvalue weighted by molar-refractivity contribution is 0.729. The molecule has 4 aliphatic rings. The highest BCUT2D eigenvalue weighted by Gasteiger charge is 2.54. The van der Waals surface area contributed by atoms with Crippen LogP contribution in [0.25, 0.3) is 88.0 Å². The molecule has 1 spiro atoms. The van der Waals surface area contributed by atoms with E-state index in [1.165, 1.54) is 177 Å². The summed E-state index contributed by atoms with van der Waals surface area (Å²) < 4.78 is 0. The summed E-state index contributed by atoms with van der Waals surface area (Å²) in [4.78, 5) is 4.87. The van der Waals surface area contributed by atoms with Gasteiger partial charge in [0.25, 0.3) is 0 Å². The van der Waals surface area contributed by atoms with E-state index in [1.54, 1.807) is 0 Å². The SMILES string of the molecule is CN1c2ccccc2C(c2ccccc2)(c2ccccc2)c2c(-c3cccc4c(-c5cccc6c5-c5ccccc5C65c6ccccc6-c6ccc7ccccc7c65)c5cccc(-c6cccc7c6C(c6ccccc6)(c6ccccc6)c6ccccc6N7C)c5cc34)cccc21. The average Bonchev–Trinajstić information content (AvgIpc) is 1.32. The molecule has 2 heteroatoms. The van der Waals surface area contributed by atoms with E-state index in [0.717, 1.165) is 0 Å². The quantitative estimate of drug-likeness (QED) is 0.147. The second-order valence-electron chi connectivity index (χ2n) is 26.8. The monoisotopic (exact) mass is 1230 g/mol. The summed E-state index contributed by atoms with van der Waals surface area (Å²) >= 11 is 0. The number of nitrogens with zero attached hydrogens (tertiary/aromatic N) is 2. The molecular formula is C95H64N2. The Morgan fingerprint density at radius 3 is 1.07 bits per heavy atom. The third-order valence-corrected chi connectivity index (χ3v) is 22.6. The number of fused-ring (bicyclic) bond motifs is 18. The third-order valence-electron chi connectivity index (χ3n) is 22.6. The van der Waals surface area contributed by atoms with Gasteiger partial charge >= 0.3 is 0 Å². The van der Waals surface area contributed by atoms with E-state index >= 15 is 0 Å². The van der Waals surface area contributed by atoms with Crippen LogP contribution in [0.4, 0.5) is 22.7 Å². The molecule has 20 rings (SSSR count). The second kappa shape index (κ2) is 20.9. The van der Waals surface area contributed by atoms with Crippen molar-refractivity contribution in [1.29, 1.82) is 0 Å². The van der Waals surface area contributed by atoms with E-state index in [1.807, 2.05) is 0 Å². The Kier molecular flexibility index (Phi) is 12.0. The van der Waals surface area contributed by atoms with E-state index in [4.69, 9.17) is 0 Å². The lowest BCUT2D eigenvalue weighted by atomic mass is 9.60. The van der Waals surface area contributed by atoms with Crippen LogP contribution < -0.4 is 9.80 Å². The number of para-hydroxylation sites is 2. The van der Waals surface area contributed by atoms with Gasteiger partial charge in [0, 0.05) is 48.0 Å². The highest BCUT2D eigenvalue weighted by atomic mass is 15.1. The first-order chi connectivity index (χ1) is 48.0. The van der Waals surface area contributed by atoms with Crippen LogP contribution in [0.5, 0.6) is 0 Å². The summed E-state index contributed by atoms with van der Waals surface area (Å²) in [7, 11) is 4.52. The molecule has 0 saturated carbocycles. The normalized spacial score (nSPS) is 15.5. The Morgan fingerprint density at radius 2 is 0.546 bits per heavy atom. The van der Waals surface area contributed by atoms with Crippen molar-refractivity contribution in [3.8, 4) is 55.6 Å². The third kappa shape index (κ3) is 7.29. The molecule has 0 radical (unpaired) electrons. The molecular weight excluding hydrogens is 1170 g/mol. The van der Waals surface area contributed by atoms with Gasteiger partial charge in [-0.2, -0.15) is 0 Å². The highest BCUT2D eigenvalue weighted by molar-refractivity contribution is 6.22. The Hall–Kier alpha value is -12.1. The number of hydrogen-bond acceptors (Lipinski definition) is 2. The Labute approximate surface area is 565 Å². The van der Waals surface area contributed by atoms with Gasteiger partial charge in [0.2, 0.25) is 0 Å². The maximum absolute atomic E-state index is 2.59. The molecule has 0 N–H and O–H groups in total. The van der Waals surface area contributed by atoms with Crippen LogP contribution in [0.1, 0.15) is 66.8 Å². The zero-order valence-corrected chi connectivity index (χ0v) is 53.9. The number of rotatable bonds is 7. The van der Waals surface area contributed by atoms with Gasteiger partial charge in [0.15, 0.2) is 0 Å². The smallest absolute Gasteiger partial charge is 0.0748 e. The molecule has 2 heterocycles. The van der Waals surface area contributed by atoms with Crippen LogP contribution in [0.15, 0.2) is 352 Å². The average molecular weight is 1230 g/mol. The molecule has 16 aromatic rings. The lowest BCUT2D eigenvalue weighted by Crippen LogP contribution is -2.38. The lowest BCUT2D eigenvalue weighted by Gasteiger charge is -2.46. The fraction of sp³-hybridized carbons (Fsp3) is 0.0526. The first-order valence-corrected chi connectivity index (χ1v) is 34.0. The number of benzene rings is 16. The van der Waals surface area contributed by atoms with Gasteiger partial charge in [-0.3, -0.25) is 0 Å². The summed E-state index contributed by atoms with van der Waals surface area (Å²) in [5.41, 5.74) is 30.3. The van der Waals surface area contributed by atoms with Crippen molar-refractivity contribution in [1.82, 2.24) is 0 Å². The van der Waals surface area contributed by atoms with E-state index in [-0.39, 0.29) is 0 Å². The molecule has 0 fully saturated rings. The maximum Gasteiger partial charge on any atom is 0.0748 e. The Balaban J connectivity index is 0.951. The van der Waals surface area contributed by atoms with Crippen molar-refractivity contribution in [2.75, 3.05) is 23.9 Å². The molecule has 0 saturated heterocycles. The van der Waals surface area contributed by atoms with Gasteiger partial charge in [-0.25, -0.2) is 0 Å². The van der Waals surface area contributed by atoms with E-state index in [2.05, 4.69) is 376 Å². The zero-order chi connectivity index (χ0) is 64.1. The minimum Gasteiger partial charge on any atom is -0.344 e. The fourth-order valence-electron chi connectivity index (χ4n) is 19.0. The Morgan fingerprint density at radius 1 is 0.196 bits per heavy atom. The topological polar surface area (TPSA) is 6.48 Å². The number of hydrogen-bond donors (Lipinski definition) is 0. The van der Waals surface area contributed by atoms with Gasteiger partial charge in [-0.15, -0.1) is 0 Å². The molecule has 16 aromatic carbocycles. The van der Waals surface area contributed by atoms with Crippen LogP contribution in [0.2, 0.25) is 0 Å². The van der Waals surface area contributed by atoms with Crippen LogP contribution in [-0.4, -0.2) is 14.1 Å². The van der Waals surface area contributed by atoms with Crippen molar-refractivity contribution >= 4 is 55.1 Å². The minimum absolute atomic E-state index is 0.599. The molecule has 2 nitrogen and oxygen atoms in total. The van der Waals surface area contributed by atoms with E-state index < -0.39 is 16.2 Å². The molecule has 2 aliphatic carbocycles. The van der Waals surface area contributed by atoms with Gasteiger partial charge in [-0.1, -0.05) is 322 Å². The van der Waals surface area contributed by atoms with E-state index in [9.17, 15) is 0 Å². The van der Waals surface area contributed by atoms with Crippen molar-refractivity contribution in [3.05, 3.63) is 419 Å². The van der Waals surface area contributed by atoms with Crippen LogP contribution in [0.3, 0.4) is 0 Å². The number of anilines is 4. The van der Waals surface area contributed by atoms with Gasteiger partial charge in [0.1, 0.15) is 0 Å². The highest BCUT2D eigenvalue weighted by Crippen LogP contribution is 2.67. The first-order valence-electron chi connectivity index (χ1n) is 34.0. The molecule has 0 amide bonds.